The first-order chi connectivity index (χ1) is 12.1. The second-order valence-electron chi connectivity index (χ2n) is 5.26. The minimum Gasteiger partial charge on any atom is -0.497 e. The Kier molecular flexibility index (Phi) is 5.30. The number of hydrogen-bond donors (Lipinski definition) is 1. The van der Waals surface area contributed by atoms with E-state index in [1.807, 2.05) is 24.3 Å². The number of carbonyl (C=O) groups excluding carboxylic acids is 1. The lowest BCUT2D eigenvalue weighted by atomic mass is 10.2. The van der Waals surface area contributed by atoms with Crippen molar-refractivity contribution in [1.82, 2.24) is 9.97 Å². The monoisotopic (exact) mass is 357 g/mol. The molecule has 1 aromatic carbocycles. The number of hydrogen-bond acceptors (Lipinski definition) is 5. The molecular weight excluding hydrogens is 342 g/mol. The molecular formula is C18H16ClN3O3. The second kappa shape index (κ2) is 7.81. The van der Waals surface area contributed by atoms with Gasteiger partial charge in [0.25, 0.3) is 0 Å². The number of carbonyl (C=O) groups is 1. The van der Waals surface area contributed by atoms with E-state index < -0.39 is 0 Å². The third kappa shape index (κ3) is 4.58. The Hall–Kier alpha value is -2.86. The molecule has 25 heavy (non-hydrogen) atoms. The van der Waals surface area contributed by atoms with Crippen LogP contribution in [0.4, 0.5) is 5.69 Å². The number of nitrogens with one attached hydrogen (secondary N) is 1. The van der Waals surface area contributed by atoms with Gasteiger partial charge in [0.2, 0.25) is 5.91 Å². The molecule has 2 heterocycles. The first-order valence-electron chi connectivity index (χ1n) is 7.64. The average Bonchev–Trinajstić information content (AvgIpc) is 3.11. The van der Waals surface area contributed by atoms with Crippen LogP contribution < -0.4 is 10.1 Å². The predicted octanol–water partition coefficient (Wildman–Crippen LogP) is 3.97. The van der Waals surface area contributed by atoms with Gasteiger partial charge in [-0.05, 0) is 36.4 Å². The molecule has 1 N–H and O–H groups in total. The number of aryl methyl sites for hydroxylation is 1. The van der Waals surface area contributed by atoms with E-state index in [0.29, 0.717) is 28.9 Å². The number of anilines is 1. The van der Waals surface area contributed by atoms with Gasteiger partial charge in [-0.25, -0.2) is 9.97 Å². The third-order valence-electron chi connectivity index (χ3n) is 3.51. The SMILES string of the molecule is COc1ccc(-c2cnc(CCC(=O)Nc3ccc(Cl)nc3)o2)cc1. The van der Waals surface area contributed by atoms with Gasteiger partial charge in [-0.15, -0.1) is 0 Å². The summed E-state index contributed by atoms with van der Waals surface area (Å²) in [5.41, 5.74) is 1.50. The highest BCUT2D eigenvalue weighted by molar-refractivity contribution is 6.29. The van der Waals surface area contributed by atoms with E-state index in [0.717, 1.165) is 11.3 Å². The summed E-state index contributed by atoms with van der Waals surface area (Å²) in [6, 6.07) is 10.8. The van der Waals surface area contributed by atoms with Crippen LogP contribution in [0.15, 0.2) is 53.2 Å². The molecule has 0 bridgehead atoms. The number of pyridine rings is 1. The highest BCUT2D eigenvalue weighted by atomic mass is 35.5. The van der Waals surface area contributed by atoms with Gasteiger partial charge >= 0.3 is 0 Å². The average molecular weight is 358 g/mol. The lowest BCUT2D eigenvalue weighted by molar-refractivity contribution is -0.116. The first kappa shape index (κ1) is 17.0. The van der Waals surface area contributed by atoms with Gasteiger partial charge in [0, 0.05) is 18.4 Å². The fraction of sp³-hybridized carbons (Fsp3) is 0.167. The van der Waals surface area contributed by atoms with Crippen LogP contribution in [0.1, 0.15) is 12.3 Å². The number of amides is 1. The summed E-state index contributed by atoms with van der Waals surface area (Å²) >= 11 is 5.71. The zero-order valence-corrected chi connectivity index (χ0v) is 14.3. The minimum atomic E-state index is -0.145. The fourth-order valence-electron chi connectivity index (χ4n) is 2.21. The van der Waals surface area contributed by atoms with Crippen LogP contribution in [-0.2, 0) is 11.2 Å². The first-order valence-corrected chi connectivity index (χ1v) is 8.02. The number of nitrogens with zero attached hydrogens (tertiary/aromatic N) is 2. The summed E-state index contributed by atoms with van der Waals surface area (Å²) in [4.78, 5) is 20.1. The van der Waals surface area contributed by atoms with E-state index in [4.69, 9.17) is 20.8 Å². The molecule has 0 spiro atoms. The molecule has 0 atom stereocenters. The highest BCUT2D eigenvalue weighted by Crippen LogP contribution is 2.23. The lowest BCUT2D eigenvalue weighted by Gasteiger charge is -2.03. The maximum Gasteiger partial charge on any atom is 0.224 e. The third-order valence-corrected chi connectivity index (χ3v) is 3.73. The molecule has 0 fully saturated rings. The molecule has 0 aliphatic rings. The largest absolute Gasteiger partial charge is 0.497 e. The molecule has 3 aromatic rings. The minimum absolute atomic E-state index is 0.145. The Morgan fingerprint density at radius 2 is 1.96 bits per heavy atom. The molecule has 1 amide bonds. The van der Waals surface area contributed by atoms with Crippen molar-refractivity contribution in [2.75, 3.05) is 12.4 Å². The van der Waals surface area contributed by atoms with E-state index in [2.05, 4.69) is 15.3 Å². The van der Waals surface area contributed by atoms with E-state index in [1.54, 1.807) is 25.4 Å². The van der Waals surface area contributed by atoms with Crippen LogP contribution >= 0.6 is 11.6 Å². The van der Waals surface area contributed by atoms with Crippen molar-refractivity contribution in [3.05, 3.63) is 59.8 Å². The molecule has 2 aromatic heterocycles. The van der Waals surface area contributed by atoms with Crippen molar-refractivity contribution in [2.24, 2.45) is 0 Å². The molecule has 0 aliphatic heterocycles. The molecule has 0 saturated heterocycles. The zero-order chi connectivity index (χ0) is 17.6. The van der Waals surface area contributed by atoms with E-state index in [9.17, 15) is 4.79 Å². The van der Waals surface area contributed by atoms with E-state index in [-0.39, 0.29) is 12.3 Å². The second-order valence-corrected chi connectivity index (χ2v) is 5.65. The quantitative estimate of drug-likeness (QED) is 0.675. The summed E-state index contributed by atoms with van der Waals surface area (Å²) in [6.07, 6.45) is 3.82. The Bertz CT molecular complexity index is 845. The maximum atomic E-state index is 12.0. The Labute approximate surface area is 149 Å². The zero-order valence-electron chi connectivity index (χ0n) is 13.5. The van der Waals surface area contributed by atoms with Crippen LogP contribution in [0.25, 0.3) is 11.3 Å². The van der Waals surface area contributed by atoms with Crippen LogP contribution in [-0.4, -0.2) is 23.0 Å². The Morgan fingerprint density at radius 3 is 2.64 bits per heavy atom. The van der Waals surface area contributed by atoms with Crippen molar-refractivity contribution in [3.63, 3.8) is 0 Å². The summed E-state index contributed by atoms with van der Waals surface area (Å²) in [5.74, 6) is 1.79. The van der Waals surface area contributed by atoms with Crippen LogP contribution in [0.2, 0.25) is 5.15 Å². The molecule has 128 valence electrons. The van der Waals surface area contributed by atoms with Gasteiger partial charge in [0.1, 0.15) is 10.9 Å². The molecule has 0 aliphatic carbocycles. The van der Waals surface area contributed by atoms with Crippen molar-refractivity contribution in [1.29, 1.82) is 0 Å². The summed E-state index contributed by atoms with van der Waals surface area (Å²) in [5, 5.41) is 3.13. The number of benzene rings is 1. The number of oxazole rings is 1. The van der Waals surface area contributed by atoms with Crippen molar-refractivity contribution in [3.8, 4) is 17.1 Å². The maximum absolute atomic E-state index is 12.0. The molecule has 7 heteroatoms. The standard InChI is InChI=1S/C18H16ClN3O3/c1-24-14-5-2-12(3-6-14)15-11-21-18(25-15)9-8-17(23)22-13-4-7-16(19)20-10-13/h2-7,10-11H,8-9H2,1H3,(H,22,23). The highest BCUT2D eigenvalue weighted by Gasteiger charge is 2.09. The van der Waals surface area contributed by atoms with Crippen LogP contribution in [0.3, 0.4) is 0 Å². The van der Waals surface area contributed by atoms with Gasteiger partial charge in [-0.3, -0.25) is 4.79 Å². The summed E-state index contributed by atoms with van der Waals surface area (Å²) < 4.78 is 10.8. The van der Waals surface area contributed by atoms with Gasteiger partial charge < -0.3 is 14.5 Å². The van der Waals surface area contributed by atoms with E-state index in [1.165, 1.54) is 6.20 Å². The number of methoxy groups -OCH3 is 1. The molecule has 0 unspecified atom stereocenters. The predicted molar refractivity (Wildman–Crippen MR) is 94.7 cm³/mol. The summed E-state index contributed by atoms with van der Waals surface area (Å²) in [6.45, 7) is 0. The normalized spacial score (nSPS) is 10.5. The molecule has 3 rings (SSSR count). The summed E-state index contributed by atoms with van der Waals surface area (Å²) in [7, 11) is 1.62. The fourth-order valence-corrected chi connectivity index (χ4v) is 2.32. The lowest BCUT2D eigenvalue weighted by Crippen LogP contribution is -2.12. The van der Waals surface area contributed by atoms with E-state index >= 15 is 0 Å². The molecule has 6 nitrogen and oxygen atoms in total. The van der Waals surface area contributed by atoms with Crippen LogP contribution in [0, 0.1) is 0 Å². The van der Waals surface area contributed by atoms with Crippen LogP contribution in [0.5, 0.6) is 5.75 Å². The number of aromatic nitrogens is 2. The topological polar surface area (TPSA) is 77.2 Å². The molecule has 0 radical (unpaired) electrons. The number of halogens is 1. The van der Waals surface area contributed by atoms with Crippen molar-refractivity contribution in [2.45, 2.75) is 12.8 Å². The number of ether oxygens (including phenoxy) is 1. The molecule has 0 saturated carbocycles. The van der Waals surface area contributed by atoms with Gasteiger partial charge in [0.15, 0.2) is 11.7 Å². The van der Waals surface area contributed by atoms with Gasteiger partial charge in [-0.1, -0.05) is 11.6 Å². The smallest absolute Gasteiger partial charge is 0.224 e. The van der Waals surface area contributed by atoms with Crippen molar-refractivity contribution >= 4 is 23.2 Å². The van der Waals surface area contributed by atoms with Crippen molar-refractivity contribution < 1.29 is 13.9 Å². The Balaban J connectivity index is 1.55. The van der Waals surface area contributed by atoms with Gasteiger partial charge in [-0.2, -0.15) is 0 Å². The van der Waals surface area contributed by atoms with Gasteiger partial charge in [0.05, 0.1) is 25.2 Å². The number of rotatable bonds is 6. The Morgan fingerprint density at radius 1 is 1.16 bits per heavy atom.